The number of benzene rings is 3. The Morgan fingerprint density at radius 3 is 2.38 bits per heavy atom. The van der Waals surface area contributed by atoms with Gasteiger partial charge >= 0.3 is 0 Å². The van der Waals surface area contributed by atoms with Crippen molar-refractivity contribution in [2.75, 3.05) is 31.0 Å². The van der Waals surface area contributed by atoms with Gasteiger partial charge in [0.25, 0.3) is 15.9 Å². The second-order valence-corrected chi connectivity index (χ2v) is 11.1. The first kappa shape index (κ1) is 25.1. The molecule has 194 valence electrons. The number of carbonyl (C=O) groups is 1. The first-order valence-electron chi connectivity index (χ1n) is 12.4. The van der Waals surface area contributed by atoms with E-state index in [-0.39, 0.29) is 17.3 Å². The predicted molar refractivity (Wildman–Crippen MR) is 141 cm³/mol. The molecule has 0 aliphatic carbocycles. The predicted octanol–water partition coefficient (Wildman–Crippen LogP) is 3.56. The number of hydrogen-bond acceptors (Lipinski definition) is 6. The molecule has 1 atom stereocenters. The SMILES string of the molecule is COc1ccc(S(=O)(=O)N2C[C@@H](C(=O)NCc3ccccc3CN3CCCC3)Oc3ccccc32)cc1. The first-order chi connectivity index (χ1) is 18.0. The van der Waals surface area contributed by atoms with Crippen LogP contribution in [-0.4, -0.2) is 52.1 Å². The number of ether oxygens (including phenoxy) is 2. The van der Waals surface area contributed by atoms with E-state index in [2.05, 4.69) is 16.3 Å². The second-order valence-electron chi connectivity index (χ2n) is 9.26. The zero-order valence-electron chi connectivity index (χ0n) is 20.8. The van der Waals surface area contributed by atoms with Crippen LogP contribution in [0.25, 0.3) is 0 Å². The molecule has 1 amide bonds. The number of anilines is 1. The Balaban J connectivity index is 1.33. The lowest BCUT2D eigenvalue weighted by molar-refractivity contribution is -0.127. The van der Waals surface area contributed by atoms with Crippen molar-refractivity contribution < 1.29 is 22.7 Å². The van der Waals surface area contributed by atoms with E-state index in [0.29, 0.717) is 23.7 Å². The number of rotatable bonds is 8. The summed E-state index contributed by atoms with van der Waals surface area (Å²) in [5, 5.41) is 2.97. The van der Waals surface area contributed by atoms with Gasteiger partial charge in [0.1, 0.15) is 11.5 Å². The van der Waals surface area contributed by atoms with Gasteiger partial charge in [0.15, 0.2) is 6.10 Å². The normalized spacial score (nSPS) is 17.6. The minimum absolute atomic E-state index is 0.111. The molecule has 9 heteroatoms. The molecule has 37 heavy (non-hydrogen) atoms. The topological polar surface area (TPSA) is 88.2 Å². The van der Waals surface area contributed by atoms with Gasteiger partial charge in [-0.25, -0.2) is 8.42 Å². The number of likely N-dealkylation sites (tertiary alicyclic amines) is 1. The van der Waals surface area contributed by atoms with Gasteiger partial charge < -0.3 is 14.8 Å². The Hall–Kier alpha value is -3.56. The number of carbonyl (C=O) groups excluding carboxylic acids is 1. The minimum Gasteiger partial charge on any atom is -0.497 e. The van der Waals surface area contributed by atoms with Crippen molar-refractivity contribution in [3.8, 4) is 11.5 Å². The molecule has 1 N–H and O–H groups in total. The van der Waals surface area contributed by atoms with E-state index in [4.69, 9.17) is 9.47 Å². The highest BCUT2D eigenvalue weighted by Gasteiger charge is 2.37. The number of nitrogens with one attached hydrogen (secondary N) is 1. The molecule has 3 aromatic rings. The molecular weight excluding hydrogens is 490 g/mol. The third-order valence-corrected chi connectivity index (χ3v) is 8.63. The van der Waals surface area contributed by atoms with Gasteiger partial charge in [-0.3, -0.25) is 14.0 Å². The van der Waals surface area contributed by atoms with Crippen LogP contribution in [0.5, 0.6) is 11.5 Å². The molecule has 0 unspecified atom stereocenters. The largest absolute Gasteiger partial charge is 0.497 e. The summed E-state index contributed by atoms with van der Waals surface area (Å²) < 4.78 is 39.6. The summed E-state index contributed by atoms with van der Waals surface area (Å²) in [4.78, 5) is 15.8. The maximum atomic E-state index is 13.6. The summed E-state index contributed by atoms with van der Waals surface area (Å²) in [6.07, 6.45) is 1.44. The lowest BCUT2D eigenvalue weighted by Gasteiger charge is -2.34. The highest BCUT2D eigenvalue weighted by Crippen LogP contribution is 2.37. The van der Waals surface area contributed by atoms with Crippen LogP contribution in [0.3, 0.4) is 0 Å². The molecule has 0 radical (unpaired) electrons. The quantitative estimate of drug-likeness (QED) is 0.488. The van der Waals surface area contributed by atoms with Crippen molar-refractivity contribution in [3.63, 3.8) is 0 Å². The maximum absolute atomic E-state index is 13.6. The van der Waals surface area contributed by atoms with Crippen LogP contribution in [0.1, 0.15) is 24.0 Å². The van der Waals surface area contributed by atoms with Gasteiger partial charge in [0.05, 0.1) is 24.2 Å². The Labute approximate surface area is 217 Å². The van der Waals surface area contributed by atoms with Gasteiger partial charge in [-0.05, 0) is 73.5 Å². The third-order valence-electron chi connectivity index (χ3n) is 6.84. The Bertz CT molecular complexity index is 1350. The standard InChI is InChI=1S/C28H31N3O5S/c1-35-23-12-14-24(15-13-23)37(33,34)31-20-27(36-26-11-5-4-10-25(26)31)28(32)29-18-21-8-2-3-9-22(21)19-30-16-6-7-17-30/h2-5,8-15,27H,6-7,16-20H2,1H3,(H,29,32)/t27-/m0/s1. The lowest BCUT2D eigenvalue weighted by Crippen LogP contribution is -2.50. The highest BCUT2D eigenvalue weighted by atomic mass is 32.2. The van der Waals surface area contributed by atoms with E-state index in [1.54, 1.807) is 36.4 Å². The number of para-hydroxylation sites is 2. The molecule has 0 saturated carbocycles. The zero-order valence-corrected chi connectivity index (χ0v) is 21.6. The van der Waals surface area contributed by atoms with Crippen molar-refractivity contribution in [2.45, 2.75) is 36.9 Å². The lowest BCUT2D eigenvalue weighted by atomic mass is 10.1. The van der Waals surface area contributed by atoms with Crippen molar-refractivity contribution in [3.05, 3.63) is 83.9 Å². The molecule has 2 aliphatic heterocycles. The molecule has 3 aromatic carbocycles. The number of amides is 1. The van der Waals surface area contributed by atoms with Crippen molar-refractivity contribution >= 4 is 21.6 Å². The van der Waals surface area contributed by atoms with Gasteiger partial charge in [-0.15, -0.1) is 0 Å². The molecule has 0 spiro atoms. The molecule has 1 saturated heterocycles. The summed E-state index contributed by atoms with van der Waals surface area (Å²) in [5.74, 6) is 0.546. The van der Waals surface area contributed by atoms with E-state index in [0.717, 1.165) is 25.2 Å². The summed E-state index contributed by atoms with van der Waals surface area (Å²) in [6, 6.07) is 21.1. The summed E-state index contributed by atoms with van der Waals surface area (Å²) >= 11 is 0. The molecule has 0 aromatic heterocycles. The Morgan fingerprint density at radius 1 is 0.973 bits per heavy atom. The summed E-state index contributed by atoms with van der Waals surface area (Å²) in [5.41, 5.74) is 2.63. The van der Waals surface area contributed by atoms with Crippen LogP contribution >= 0.6 is 0 Å². The van der Waals surface area contributed by atoms with Crippen LogP contribution in [0, 0.1) is 0 Å². The van der Waals surface area contributed by atoms with Crippen molar-refractivity contribution in [2.24, 2.45) is 0 Å². The number of hydrogen-bond donors (Lipinski definition) is 1. The second kappa shape index (κ2) is 10.8. The Morgan fingerprint density at radius 2 is 1.65 bits per heavy atom. The fourth-order valence-corrected chi connectivity index (χ4v) is 6.28. The van der Waals surface area contributed by atoms with Crippen LogP contribution in [0.4, 0.5) is 5.69 Å². The van der Waals surface area contributed by atoms with E-state index < -0.39 is 16.1 Å². The van der Waals surface area contributed by atoms with E-state index >= 15 is 0 Å². The molecule has 1 fully saturated rings. The van der Waals surface area contributed by atoms with Gasteiger partial charge in [0, 0.05) is 13.1 Å². The fourth-order valence-electron chi connectivity index (χ4n) is 4.80. The molecule has 0 bridgehead atoms. The van der Waals surface area contributed by atoms with Gasteiger partial charge in [-0.1, -0.05) is 36.4 Å². The molecule has 5 rings (SSSR count). The molecule has 2 heterocycles. The van der Waals surface area contributed by atoms with E-state index in [1.807, 2.05) is 18.2 Å². The molecule has 8 nitrogen and oxygen atoms in total. The minimum atomic E-state index is -3.94. The average molecular weight is 522 g/mol. The number of sulfonamides is 1. The molecule has 2 aliphatic rings. The Kier molecular flexibility index (Phi) is 7.34. The average Bonchev–Trinajstić information content (AvgIpc) is 3.45. The van der Waals surface area contributed by atoms with Crippen LogP contribution in [0.15, 0.2) is 77.7 Å². The van der Waals surface area contributed by atoms with Gasteiger partial charge in [0.2, 0.25) is 0 Å². The van der Waals surface area contributed by atoms with Crippen LogP contribution < -0.4 is 19.1 Å². The number of nitrogens with zero attached hydrogens (tertiary/aromatic N) is 2. The number of fused-ring (bicyclic) bond motifs is 1. The number of methoxy groups -OCH3 is 1. The van der Waals surface area contributed by atoms with Crippen molar-refractivity contribution in [1.29, 1.82) is 0 Å². The van der Waals surface area contributed by atoms with E-state index in [1.165, 1.54) is 42.0 Å². The molecular formula is C28H31N3O5S. The highest BCUT2D eigenvalue weighted by molar-refractivity contribution is 7.92. The fraction of sp³-hybridized carbons (Fsp3) is 0.321. The van der Waals surface area contributed by atoms with E-state index in [9.17, 15) is 13.2 Å². The van der Waals surface area contributed by atoms with Gasteiger partial charge in [-0.2, -0.15) is 0 Å². The zero-order chi connectivity index (χ0) is 25.8. The monoisotopic (exact) mass is 521 g/mol. The third kappa shape index (κ3) is 5.42. The smallest absolute Gasteiger partial charge is 0.264 e. The van der Waals surface area contributed by atoms with Crippen LogP contribution in [0.2, 0.25) is 0 Å². The first-order valence-corrected chi connectivity index (χ1v) is 13.9. The maximum Gasteiger partial charge on any atom is 0.264 e. The van der Waals surface area contributed by atoms with Crippen LogP contribution in [-0.2, 0) is 27.9 Å². The van der Waals surface area contributed by atoms with Crippen molar-refractivity contribution in [1.82, 2.24) is 10.2 Å². The summed E-state index contributed by atoms with van der Waals surface area (Å²) in [7, 11) is -2.42. The summed E-state index contributed by atoms with van der Waals surface area (Å²) in [6.45, 7) is 3.25.